The summed E-state index contributed by atoms with van der Waals surface area (Å²) in [6, 6.07) is 28.7. The second-order valence-corrected chi connectivity index (χ2v) is 8.49. The van der Waals surface area contributed by atoms with Gasteiger partial charge in [0, 0.05) is 16.6 Å². The van der Waals surface area contributed by atoms with Gasteiger partial charge in [0.1, 0.15) is 0 Å². The molecule has 0 aliphatic heterocycles. The van der Waals surface area contributed by atoms with Gasteiger partial charge in [-0.15, -0.1) is 11.8 Å². The van der Waals surface area contributed by atoms with Crippen molar-refractivity contribution in [3.05, 3.63) is 90.5 Å². The van der Waals surface area contributed by atoms with Crippen LogP contribution in [0.15, 0.2) is 89.8 Å². The molecule has 3 rings (SSSR count). The van der Waals surface area contributed by atoms with Crippen LogP contribution in [0, 0.1) is 0 Å². The molecule has 0 N–H and O–H groups in total. The summed E-state index contributed by atoms with van der Waals surface area (Å²) in [6.07, 6.45) is 2.59. The van der Waals surface area contributed by atoms with E-state index in [-0.39, 0.29) is 5.78 Å². The van der Waals surface area contributed by atoms with Crippen LogP contribution in [0.2, 0.25) is 0 Å². The Kier molecular flexibility index (Phi) is 5.85. The monoisotopic (exact) mass is 350 g/mol. The van der Waals surface area contributed by atoms with Gasteiger partial charge in [0.2, 0.25) is 0 Å². The molecule has 0 unspecified atom stereocenters. The minimum absolute atomic E-state index is 0.210. The van der Waals surface area contributed by atoms with Gasteiger partial charge in [0.25, 0.3) is 0 Å². The van der Waals surface area contributed by atoms with E-state index in [1.165, 1.54) is 15.5 Å². The number of hydrogen-bond acceptors (Lipinski definition) is 2. The van der Waals surface area contributed by atoms with Crippen molar-refractivity contribution in [2.45, 2.75) is 4.90 Å². The third-order valence-corrected chi connectivity index (χ3v) is 7.04. The van der Waals surface area contributed by atoms with Gasteiger partial charge in [0.15, 0.2) is 5.78 Å². The Balaban J connectivity index is 1.87. The molecule has 0 heterocycles. The maximum Gasteiger partial charge on any atom is 0.167 e. The van der Waals surface area contributed by atoms with Gasteiger partial charge in [-0.05, 0) is 36.9 Å². The van der Waals surface area contributed by atoms with Gasteiger partial charge < -0.3 is 0 Å². The van der Waals surface area contributed by atoms with Crippen molar-refractivity contribution in [3.8, 4) is 0 Å². The van der Waals surface area contributed by atoms with Crippen LogP contribution in [0.3, 0.4) is 0 Å². The summed E-state index contributed by atoms with van der Waals surface area (Å²) in [6.45, 7) is 0. The minimum Gasteiger partial charge on any atom is -0.294 e. The summed E-state index contributed by atoms with van der Waals surface area (Å²) in [5.41, 5.74) is 0.798. The lowest BCUT2D eigenvalue weighted by Gasteiger charge is -2.18. The van der Waals surface area contributed by atoms with Crippen molar-refractivity contribution in [1.29, 1.82) is 0 Å². The molecule has 0 saturated carbocycles. The van der Waals surface area contributed by atoms with E-state index in [4.69, 9.17) is 0 Å². The fraction of sp³-hybridized carbons (Fsp3) is 0.0952. The van der Waals surface area contributed by atoms with E-state index in [0.29, 0.717) is 6.16 Å². The first kappa shape index (κ1) is 17.0. The molecule has 0 amide bonds. The van der Waals surface area contributed by atoms with Gasteiger partial charge in [0.05, 0.1) is 0 Å². The standard InChI is InChI=1S/C21H19OPS/c1-24-20-14-12-17(13-15-20)21(22)16-23(18-8-4-2-5-9-18)19-10-6-3-7-11-19/h2-15H,16H2,1H3. The first-order valence-corrected chi connectivity index (χ1v) is 10.6. The van der Waals surface area contributed by atoms with E-state index in [9.17, 15) is 4.79 Å². The van der Waals surface area contributed by atoms with Crippen molar-refractivity contribution in [1.82, 2.24) is 0 Å². The van der Waals surface area contributed by atoms with Gasteiger partial charge in [-0.25, -0.2) is 0 Å². The number of ketones is 1. The summed E-state index contributed by atoms with van der Waals surface area (Å²) >= 11 is 1.69. The number of benzene rings is 3. The predicted molar refractivity (Wildman–Crippen MR) is 106 cm³/mol. The molecule has 0 bridgehead atoms. The average molecular weight is 350 g/mol. The Morgan fingerprint density at radius 2 is 1.29 bits per heavy atom. The fourth-order valence-corrected chi connectivity index (χ4v) is 5.16. The predicted octanol–water partition coefficient (Wildman–Crippen LogP) is 4.72. The topological polar surface area (TPSA) is 17.1 Å². The molecule has 24 heavy (non-hydrogen) atoms. The molecule has 0 aliphatic rings. The third-order valence-electron chi connectivity index (χ3n) is 3.85. The highest BCUT2D eigenvalue weighted by Crippen LogP contribution is 2.34. The lowest BCUT2D eigenvalue weighted by Crippen LogP contribution is -2.18. The largest absolute Gasteiger partial charge is 0.294 e. The molecular weight excluding hydrogens is 331 g/mol. The number of thioether (sulfide) groups is 1. The molecule has 0 saturated heterocycles. The van der Waals surface area contributed by atoms with Gasteiger partial charge in [-0.1, -0.05) is 72.8 Å². The Hall–Kier alpha value is -1.89. The highest BCUT2D eigenvalue weighted by Gasteiger charge is 2.18. The zero-order valence-electron chi connectivity index (χ0n) is 13.6. The molecule has 3 aromatic rings. The van der Waals surface area contributed by atoms with E-state index in [0.717, 1.165) is 5.56 Å². The van der Waals surface area contributed by atoms with Crippen molar-refractivity contribution in [2.75, 3.05) is 12.4 Å². The Labute approximate surface area is 148 Å². The second-order valence-electron chi connectivity index (χ2n) is 5.41. The van der Waals surface area contributed by atoms with Crippen molar-refractivity contribution >= 4 is 36.1 Å². The van der Waals surface area contributed by atoms with E-state index < -0.39 is 7.92 Å². The van der Waals surface area contributed by atoms with E-state index in [1.807, 2.05) is 66.9 Å². The number of carbonyl (C=O) groups excluding carboxylic acids is 1. The van der Waals surface area contributed by atoms with Crippen LogP contribution in [0.25, 0.3) is 0 Å². The average Bonchev–Trinajstić information content (AvgIpc) is 2.67. The molecule has 0 atom stereocenters. The maximum absolute atomic E-state index is 12.8. The quantitative estimate of drug-likeness (QED) is 0.363. The van der Waals surface area contributed by atoms with Crippen LogP contribution in [-0.2, 0) is 0 Å². The van der Waals surface area contributed by atoms with Crippen LogP contribution in [0.1, 0.15) is 10.4 Å². The van der Waals surface area contributed by atoms with E-state index >= 15 is 0 Å². The molecule has 0 aromatic heterocycles. The number of Topliss-reactive ketones (excluding diaryl/α,β-unsaturated/α-hetero) is 1. The van der Waals surface area contributed by atoms with Crippen molar-refractivity contribution in [2.24, 2.45) is 0 Å². The van der Waals surface area contributed by atoms with E-state index in [2.05, 4.69) is 24.3 Å². The molecule has 120 valence electrons. The lowest BCUT2D eigenvalue weighted by atomic mass is 10.1. The maximum atomic E-state index is 12.8. The first-order chi connectivity index (χ1) is 11.8. The van der Waals surface area contributed by atoms with Crippen LogP contribution in [-0.4, -0.2) is 18.2 Å². The van der Waals surface area contributed by atoms with Crippen LogP contribution < -0.4 is 10.6 Å². The van der Waals surface area contributed by atoms with Gasteiger partial charge >= 0.3 is 0 Å². The number of hydrogen-bond donors (Lipinski definition) is 0. The second kappa shape index (κ2) is 8.28. The normalized spacial score (nSPS) is 10.8. The molecule has 3 heteroatoms. The van der Waals surface area contributed by atoms with Crippen molar-refractivity contribution in [3.63, 3.8) is 0 Å². The molecule has 0 spiro atoms. The molecule has 0 aliphatic carbocycles. The lowest BCUT2D eigenvalue weighted by molar-refractivity contribution is 0.102. The Morgan fingerprint density at radius 1 is 0.792 bits per heavy atom. The zero-order chi connectivity index (χ0) is 16.8. The van der Waals surface area contributed by atoms with Crippen LogP contribution in [0.5, 0.6) is 0 Å². The minimum atomic E-state index is -0.680. The molecule has 0 fully saturated rings. The number of rotatable bonds is 6. The van der Waals surface area contributed by atoms with Gasteiger partial charge in [-0.2, -0.15) is 0 Å². The first-order valence-electron chi connectivity index (χ1n) is 7.83. The molecule has 3 aromatic carbocycles. The number of carbonyl (C=O) groups is 1. The summed E-state index contributed by atoms with van der Waals surface area (Å²) in [4.78, 5) is 14.0. The molecular formula is C21H19OPS. The summed E-state index contributed by atoms with van der Waals surface area (Å²) in [5, 5.41) is 2.49. The highest BCUT2D eigenvalue weighted by atomic mass is 32.2. The van der Waals surface area contributed by atoms with E-state index in [1.54, 1.807) is 11.8 Å². The Morgan fingerprint density at radius 3 is 1.75 bits per heavy atom. The van der Waals surface area contributed by atoms with Crippen LogP contribution in [0.4, 0.5) is 0 Å². The zero-order valence-corrected chi connectivity index (χ0v) is 15.3. The SMILES string of the molecule is CSc1ccc(C(=O)CP(c2ccccc2)c2ccccc2)cc1. The summed E-state index contributed by atoms with van der Waals surface area (Å²) < 4.78 is 0. The molecule has 0 radical (unpaired) electrons. The smallest absolute Gasteiger partial charge is 0.167 e. The highest BCUT2D eigenvalue weighted by molar-refractivity contribution is 7.98. The van der Waals surface area contributed by atoms with Crippen LogP contribution >= 0.6 is 19.7 Å². The third kappa shape index (κ3) is 4.14. The van der Waals surface area contributed by atoms with Gasteiger partial charge in [-0.3, -0.25) is 4.79 Å². The summed E-state index contributed by atoms with van der Waals surface area (Å²) in [7, 11) is -0.680. The van der Waals surface area contributed by atoms with Crippen molar-refractivity contribution < 1.29 is 4.79 Å². The Bertz CT molecular complexity index is 746. The molecule has 1 nitrogen and oxygen atoms in total. The summed E-state index contributed by atoms with van der Waals surface area (Å²) in [5.74, 6) is 0.210. The fourth-order valence-electron chi connectivity index (χ4n) is 2.56.